The smallest absolute Gasteiger partial charge is 0.241 e. The Morgan fingerprint density at radius 2 is 2.17 bits per heavy atom. The van der Waals surface area contributed by atoms with Gasteiger partial charge in [0.25, 0.3) is 0 Å². The van der Waals surface area contributed by atoms with Gasteiger partial charge in [-0.05, 0) is 13.1 Å². The Labute approximate surface area is 73.1 Å². The fourth-order valence-corrected chi connectivity index (χ4v) is 1.50. The van der Waals surface area contributed by atoms with Crippen molar-refractivity contribution < 1.29 is 4.79 Å². The maximum Gasteiger partial charge on any atom is 0.241 e. The van der Waals surface area contributed by atoms with E-state index in [1.54, 1.807) is 0 Å². The van der Waals surface area contributed by atoms with E-state index in [0.717, 1.165) is 13.1 Å². The fraction of sp³-hybridized carbons (Fsp3) is 0.667. The lowest BCUT2D eigenvalue weighted by molar-refractivity contribution is -0.135. The standard InChI is InChI=1S/C9H14N2O/c1-4-7-8(9(12)10-7)11(5-2)6-3/h1,7-8H,5-6H2,2-3H3,(H,10,12)/t7-,8+/m1/s1. The Kier molecular flexibility index (Phi) is 2.72. The van der Waals surface area contributed by atoms with Gasteiger partial charge < -0.3 is 5.32 Å². The quantitative estimate of drug-likeness (QED) is 0.466. The molecule has 1 rings (SSSR count). The number of terminal acetylenes is 1. The second-order valence-electron chi connectivity index (χ2n) is 2.82. The molecule has 0 aromatic heterocycles. The highest BCUT2D eigenvalue weighted by Gasteiger charge is 2.41. The molecule has 2 atom stereocenters. The largest absolute Gasteiger partial charge is 0.339 e. The topological polar surface area (TPSA) is 32.3 Å². The fourth-order valence-electron chi connectivity index (χ4n) is 1.50. The van der Waals surface area contributed by atoms with Gasteiger partial charge in [0.2, 0.25) is 5.91 Å². The van der Waals surface area contributed by atoms with E-state index >= 15 is 0 Å². The summed E-state index contributed by atoms with van der Waals surface area (Å²) in [6.07, 6.45) is 5.24. The summed E-state index contributed by atoms with van der Waals surface area (Å²) in [4.78, 5) is 13.2. The molecule has 3 nitrogen and oxygen atoms in total. The molecule has 0 aliphatic carbocycles. The van der Waals surface area contributed by atoms with Gasteiger partial charge in [0.15, 0.2) is 0 Å². The number of nitrogens with zero attached hydrogens (tertiary/aromatic N) is 1. The summed E-state index contributed by atoms with van der Waals surface area (Å²) >= 11 is 0. The van der Waals surface area contributed by atoms with Gasteiger partial charge in [-0.3, -0.25) is 9.69 Å². The minimum Gasteiger partial charge on any atom is -0.339 e. The lowest BCUT2D eigenvalue weighted by Gasteiger charge is -2.40. The van der Waals surface area contributed by atoms with E-state index in [4.69, 9.17) is 6.42 Å². The van der Waals surface area contributed by atoms with E-state index < -0.39 is 0 Å². The van der Waals surface area contributed by atoms with E-state index in [1.165, 1.54) is 0 Å². The number of hydrogen-bond acceptors (Lipinski definition) is 2. The van der Waals surface area contributed by atoms with Gasteiger partial charge in [-0.1, -0.05) is 19.8 Å². The number of amides is 1. The molecule has 12 heavy (non-hydrogen) atoms. The van der Waals surface area contributed by atoms with E-state index in [2.05, 4.69) is 16.1 Å². The SMILES string of the molecule is C#C[C@H]1NC(=O)[C@H]1N(CC)CC. The molecule has 0 aromatic carbocycles. The van der Waals surface area contributed by atoms with Crippen LogP contribution in [0.1, 0.15) is 13.8 Å². The monoisotopic (exact) mass is 166 g/mol. The molecule has 1 N–H and O–H groups in total. The van der Waals surface area contributed by atoms with Gasteiger partial charge in [-0.25, -0.2) is 0 Å². The number of carbonyl (C=O) groups is 1. The average molecular weight is 166 g/mol. The predicted molar refractivity (Wildman–Crippen MR) is 47.5 cm³/mol. The van der Waals surface area contributed by atoms with E-state index in [9.17, 15) is 4.79 Å². The molecule has 0 saturated carbocycles. The van der Waals surface area contributed by atoms with Crippen LogP contribution in [0.2, 0.25) is 0 Å². The molecular formula is C9H14N2O. The lowest BCUT2D eigenvalue weighted by Crippen LogP contribution is -2.68. The normalized spacial score (nSPS) is 27.7. The molecule has 0 unspecified atom stereocenters. The van der Waals surface area contributed by atoms with Crippen molar-refractivity contribution >= 4 is 5.91 Å². The molecule has 0 spiro atoms. The maximum absolute atomic E-state index is 11.1. The average Bonchev–Trinajstić information content (AvgIpc) is 2.09. The lowest BCUT2D eigenvalue weighted by atomic mass is 9.98. The van der Waals surface area contributed by atoms with Crippen molar-refractivity contribution in [1.82, 2.24) is 10.2 Å². The van der Waals surface area contributed by atoms with Crippen LogP contribution in [0.25, 0.3) is 0 Å². The van der Waals surface area contributed by atoms with Crippen molar-refractivity contribution in [2.45, 2.75) is 25.9 Å². The number of likely N-dealkylation sites (N-methyl/N-ethyl adjacent to an activating group) is 1. The zero-order valence-corrected chi connectivity index (χ0v) is 7.50. The Bertz CT molecular complexity index is 215. The third kappa shape index (κ3) is 1.30. The van der Waals surface area contributed by atoms with Crippen LogP contribution in [0.15, 0.2) is 0 Å². The zero-order valence-electron chi connectivity index (χ0n) is 7.50. The highest BCUT2D eigenvalue weighted by molar-refractivity contribution is 5.90. The summed E-state index contributed by atoms with van der Waals surface area (Å²) in [5, 5.41) is 2.67. The Hall–Kier alpha value is -1.01. The van der Waals surface area contributed by atoms with Crippen molar-refractivity contribution in [3.63, 3.8) is 0 Å². The van der Waals surface area contributed by atoms with Crippen molar-refractivity contribution in [1.29, 1.82) is 0 Å². The molecule has 0 radical (unpaired) electrons. The molecule has 3 heteroatoms. The van der Waals surface area contributed by atoms with Crippen LogP contribution >= 0.6 is 0 Å². The van der Waals surface area contributed by atoms with Gasteiger partial charge >= 0.3 is 0 Å². The van der Waals surface area contributed by atoms with Gasteiger partial charge in [-0.15, -0.1) is 6.42 Å². The van der Waals surface area contributed by atoms with Crippen LogP contribution in [0.5, 0.6) is 0 Å². The van der Waals surface area contributed by atoms with E-state index in [-0.39, 0.29) is 18.0 Å². The van der Waals surface area contributed by atoms with Crippen molar-refractivity contribution in [3.8, 4) is 12.3 Å². The second-order valence-corrected chi connectivity index (χ2v) is 2.82. The molecule has 1 saturated heterocycles. The number of nitrogens with one attached hydrogen (secondary N) is 1. The van der Waals surface area contributed by atoms with Crippen LogP contribution in [0.4, 0.5) is 0 Å². The maximum atomic E-state index is 11.1. The van der Waals surface area contributed by atoms with Crippen LogP contribution < -0.4 is 5.32 Å². The van der Waals surface area contributed by atoms with E-state index in [1.807, 2.05) is 13.8 Å². The molecule has 1 aliphatic heterocycles. The van der Waals surface area contributed by atoms with Crippen molar-refractivity contribution in [3.05, 3.63) is 0 Å². The second kappa shape index (κ2) is 3.59. The van der Waals surface area contributed by atoms with Crippen molar-refractivity contribution in [2.24, 2.45) is 0 Å². The molecule has 0 bridgehead atoms. The van der Waals surface area contributed by atoms with Crippen LogP contribution in [0.3, 0.4) is 0 Å². The first-order chi connectivity index (χ1) is 5.74. The molecule has 1 amide bonds. The molecule has 0 aromatic rings. The highest BCUT2D eigenvalue weighted by Crippen LogP contribution is 2.12. The Balaban J connectivity index is 2.60. The summed E-state index contributed by atoms with van der Waals surface area (Å²) in [7, 11) is 0. The molecular weight excluding hydrogens is 152 g/mol. The van der Waals surface area contributed by atoms with Gasteiger partial charge in [0.05, 0.1) is 0 Å². The Morgan fingerprint density at radius 3 is 2.50 bits per heavy atom. The first-order valence-corrected chi connectivity index (χ1v) is 4.25. The van der Waals surface area contributed by atoms with Crippen LogP contribution in [-0.2, 0) is 4.79 Å². The first kappa shape index (κ1) is 9.08. The number of hydrogen-bond donors (Lipinski definition) is 1. The minimum atomic E-state index is -0.0926. The minimum absolute atomic E-state index is 0.0571. The van der Waals surface area contributed by atoms with Crippen LogP contribution in [-0.4, -0.2) is 36.0 Å². The van der Waals surface area contributed by atoms with Crippen molar-refractivity contribution in [2.75, 3.05) is 13.1 Å². The highest BCUT2D eigenvalue weighted by atomic mass is 16.2. The molecule has 1 aliphatic rings. The van der Waals surface area contributed by atoms with Crippen LogP contribution in [0, 0.1) is 12.3 Å². The summed E-state index contributed by atoms with van der Waals surface area (Å²) < 4.78 is 0. The number of β-lactam (4-membered cyclic amide) rings is 1. The number of carbonyl (C=O) groups excluding carboxylic acids is 1. The zero-order chi connectivity index (χ0) is 9.14. The van der Waals surface area contributed by atoms with E-state index in [0.29, 0.717) is 0 Å². The molecule has 1 fully saturated rings. The Morgan fingerprint density at radius 1 is 1.58 bits per heavy atom. The molecule has 66 valence electrons. The number of rotatable bonds is 3. The van der Waals surface area contributed by atoms with Gasteiger partial charge in [0.1, 0.15) is 12.1 Å². The first-order valence-electron chi connectivity index (χ1n) is 4.25. The predicted octanol–water partition coefficient (Wildman–Crippen LogP) is -0.172. The third-order valence-corrected chi connectivity index (χ3v) is 2.27. The summed E-state index contributed by atoms with van der Waals surface area (Å²) in [5.74, 6) is 2.61. The third-order valence-electron chi connectivity index (χ3n) is 2.27. The summed E-state index contributed by atoms with van der Waals surface area (Å²) in [6, 6.07) is -0.178. The van der Waals surface area contributed by atoms with Gasteiger partial charge in [0, 0.05) is 0 Å². The molecule has 1 heterocycles. The van der Waals surface area contributed by atoms with Gasteiger partial charge in [-0.2, -0.15) is 0 Å². The summed E-state index contributed by atoms with van der Waals surface area (Å²) in [5.41, 5.74) is 0. The summed E-state index contributed by atoms with van der Waals surface area (Å²) in [6.45, 7) is 5.80.